The fourth-order valence-electron chi connectivity index (χ4n) is 1.77. The Hall–Kier alpha value is -1.22. The van der Waals surface area contributed by atoms with E-state index in [2.05, 4.69) is 38.2 Å². The number of benzene rings is 1. The minimum Gasteiger partial charge on any atom is -0.489 e. The molecule has 0 fully saturated rings. The van der Waals surface area contributed by atoms with Crippen molar-refractivity contribution in [3.63, 3.8) is 0 Å². The van der Waals surface area contributed by atoms with Crippen molar-refractivity contribution in [2.24, 2.45) is 0 Å². The molecule has 0 heterocycles. The quantitative estimate of drug-likeness (QED) is 0.782. The van der Waals surface area contributed by atoms with E-state index in [0.717, 1.165) is 12.2 Å². The van der Waals surface area contributed by atoms with Crippen LogP contribution in [0.1, 0.15) is 39.7 Å². The van der Waals surface area contributed by atoms with Crippen molar-refractivity contribution < 1.29 is 9.53 Å². The summed E-state index contributed by atoms with van der Waals surface area (Å²) in [5, 5.41) is 2.70. The van der Waals surface area contributed by atoms with Crippen molar-refractivity contribution in [1.82, 2.24) is 5.32 Å². The lowest BCUT2D eigenvalue weighted by Crippen LogP contribution is -2.34. The maximum Gasteiger partial charge on any atom is 0.235 e. The molecule has 0 aromatic heterocycles. The Morgan fingerprint density at radius 1 is 1.35 bits per heavy atom. The van der Waals surface area contributed by atoms with Gasteiger partial charge in [-0.1, -0.05) is 32.9 Å². The van der Waals surface area contributed by atoms with Crippen LogP contribution in [0.25, 0.3) is 0 Å². The molecule has 1 atom stereocenters. The number of hydrogen-bond acceptors (Lipinski definition) is 2. The monoisotopic (exact) mass is 297 g/mol. The molecule has 0 radical (unpaired) electrons. The molecule has 1 rings (SSSR count). The highest BCUT2D eigenvalue weighted by molar-refractivity contribution is 6.27. The van der Waals surface area contributed by atoms with Gasteiger partial charge in [0.25, 0.3) is 0 Å². The third-order valence-corrected chi connectivity index (χ3v) is 3.81. The van der Waals surface area contributed by atoms with E-state index in [-0.39, 0.29) is 23.3 Å². The van der Waals surface area contributed by atoms with Crippen LogP contribution in [0.4, 0.5) is 0 Å². The summed E-state index contributed by atoms with van der Waals surface area (Å²) < 4.78 is 5.75. The van der Waals surface area contributed by atoms with Crippen molar-refractivity contribution in [1.29, 1.82) is 0 Å². The number of hydrogen-bond donors (Lipinski definition) is 1. The molecule has 0 bridgehead atoms. The molecular formula is C16H24ClNO2. The number of ether oxygens (including phenoxy) is 1. The standard InChI is InChI=1S/C16H24ClNO2/c1-5-16(3,4)13-6-8-14(9-7-13)20-12(2)11-18-15(19)10-17/h6-9,12H,5,10-11H2,1-4H3,(H,18,19). The molecule has 1 N–H and O–H groups in total. The molecule has 4 heteroatoms. The molecule has 0 saturated heterocycles. The summed E-state index contributed by atoms with van der Waals surface area (Å²) >= 11 is 5.42. The Labute approximate surface area is 126 Å². The molecule has 20 heavy (non-hydrogen) atoms. The van der Waals surface area contributed by atoms with Gasteiger partial charge in [-0.15, -0.1) is 11.6 Å². The topological polar surface area (TPSA) is 38.3 Å². The molecule has 0 aliphatic carbocycles. The molecule has 3 nitrogen and oxygen atoms in total. The van der Waals surface area contributed by atoms with E-state index in [4.69, 9.17) is 16.3 Å². The molecular weight excluding hydrogens is 274 g/mol. The summed E-state index contributed by atoms with van der Waals surface area (Å²) in [5.41, 5.74) is 1.48. The molecule has 1 unspecified atom stereocenters. The van der Waals surface area contributed by atoms with Crippen LogP contribution in [0.5, 0.6) is 5.75 Å². The van der Waals surface area contributed by atoms with E-state index >= 15 is 0 Å². The van der Waals surface area contributed by atoms with Gasteiger partial charge < -0.3 is 10.1 Å². The van der Waals surface area contributed by atoms with Gasteiger partial charge in [-0.05, 0) is 36.5 Å². The van der Waals surface area contributed by atoms with Gasteiger partial charge >= 0.3 is 0 Å². The Bertz CT molecular complexity index is 429. The second kappa shape index (κ2) is 7.53. The third-order valence-electron chi connectivity index (χ3n) is 3.56. The number of amides is 1. The van der Waals surface area contributed by atoms with Crippen LogP contribution in [-0.4, -0.2) is 24.4 Å². The minimum absolute atomic E-state index is 0.0203. The number of alkyl halides is 1. The van der Waals surface area contributed by atoms with Gasteiger partial charge in [0, 0.05) is 0 Å². The van der Waals surface area contributed by atoms with Gasteiger partial charge in [-0.2, -0.15) is 0 Å². The van der Waals surface area contributed by atoms with Crippen molar-refractivity contribution in [2.45, 2.75) is 45.6 Å². The zero-order valence-corrected chi connectivity index (χ0v) is 13.5. The van der Waals surface area contributed by atoms with Gasteiger partial charge in [0.15, 0.2) is 0 Å². The van der Waals surface area contributed by atoms with Crippen LogP contribution >= 0.6 is 11.6 Å². The van der Waals surface area contributed by atoms with Crippen LogP contribution < -0.4 is 10.1 Å². The fourth-order valence-corrected chi connectivity index (χ4v) is 1.86. The highest BCUT2D eigenvalue weighted by Gasteiger charge is 2.17. The highest BCUT2D eigenvalue weighted by atomic mass is 35.5. The summed E-state index contributed by atoms with van der Waals surface area (Å²) in [6.45, 7) is 9.01. The predicted molar refractivity (Wildman–Crippen MR) is 83.6 cm³/mol. The smallest absolute Gasteiger partial charge is 0.235 e. The molecule has 0 aliphatic heterocycles. The first-order valence-electron chi connectivity index (χ1n) is 6.99. The summed E-state index contributed by atoms with van der Waals surface area (Å²) in [7, 11) is 0. The third kappa shape index (κ3) is 5.04. The van der Waals surface area contributed by atoms with Crippen LogP contribution in [0, 0.1) is 0 Å². The first-order valence-corrected chi connectivity index (χ1v) is 7.52. The van der Waals surface area contributed by atoms with E-state index in [1.165, 1.54) is 5.56 Å². The summed E-state index contributed by atoms with van der Waals surface area (Å²) in [5.74, 6) is 0.614. The number of carbonyl (C=O) groups excluding carboxylic acids is 1. The summed E-state index contributed by atoms with van der Waals surface area (Å²) in [6, 6.07) is 8.16. The van der Waals surface area contributed by atoms with Crippen LogP contribution in [0.15, 0.2) is 24.3 Å². The molecule has 0 aliphatic rings. The zero-order valence-electron chi connectivity index (χ0n) is 12.7. The van der Waals surface area contributed by atoms with Gasteiger partial charge in [0.2, 0.25) is 5.91 Å². The van der Waals surface area contributed by atoms with E-state index in [1.807, 2.05) is 19.1 Å². The maximum atomic E-state index is 11.1. The van der Waals surface area contributed by atoms with Crippen molar-refractivity contribution in [3.05, 3.63) is 29.8 Å². The van der Waals surface area contributed by atoms with Crippen LogP contribution in [-0.2, 0) is 10.2 Å². The second-order valence-electron chi connectivity index (χ2n) is 5.63. The summed E-state index contributed by atoms with van der Waals surface area (Å²) in [4.78, 5) is 11.1. The Kier molecular flexibility index (Phi) is 6.34. The number of nitrogens with one attached hydrogen (secondary N) is 1. The lowest BCUT2D eigenvalue weighted by molar-refractivity contribution is -0.119. The molecule has 1 aromatic rings. The molecule has 0 saturated carbocycles. The second-order valence-corrected chi connectivity index (χ2v) is 5.90. The van der Waals surface area contributed by atoms with E-state index in [0.29, 0.717) is 6.54 Å². The Morgan fingerprint density at radius 2 is 1.95 bits per heavy atom. The average molecular weight is 298 g/mol. The lowest BCUT2D eigenvalue weighted by Gasteiger charge is -2.23. The Balaban J connectivity index is 2.55. The Morgan fingerprint density at radius 3 is 2.45 bits per heavy atom. The minimum atomic E-state index is -0.179. The molecule has 0 spiro atoms. The van der Waals surface area contributed by atoms with Crippen LogP contribution in [0.3, 0.4) is 0 Å². The van der Waals surface area contributed by atoms with Crippen molar-refractivity contribution in [2.75, 3.05) is 12.4 Å². The largest absolute Gasteiger partial charge is 0.489 e. The first kappa shape index (κ1) is 16.8. The van der Waals surface area contributed by atoms with Crippen molar-refractivity contribution >= 4 is 17.5 Å². The first-order chi connectivity index (χ1) is 9.39. The number of halogens is 1. The van der Waals surface area contributed by atoms with Gasteiger partial charge in [-0.3, -0.25) is 4.79 Å². The van der Waals surface area contributed by atoms with Crippen molar-refractivity contribution in [3.8, 4) is 5.75 Å². The predicted octanol–water partition coefficient (Wildman–Crippen LogP) is 3.50. The fraction of sp³-hybridized carbons (Fsp3) is 0.562. The molecule has 1 aromatic carbocycles. The maximum absolute atomic E-state index is 11.1. The van der Waals surface area contributed by atoms with E-state index in [1.54, 1.807) is 0 Å². The molecule has 1 amide bonds. The van der Waals surface area contributed by atoms with Gasteiger partial charge in [0.05, 0.1) is 6.54 Å². The lowest BCUT2D eigenvalue weighted by atomic mass is 9.82. The van der Waals surface area contributed by atoms with Crippen LogP contribution in [0.2, 0.25) is 0 Å². The zero-order chi connectivity index (χ0) is 15.2. The molecule has 112 valence electrons. The number of rotatable bonds is 7. The van der Waals surface area contributed by atoms with E-state index in [9.17, 15) is 4.79 Å². The summed E-state index contributed by atoms with van der Waals surface area (Å²) in [6.07, 6.45) is 1.00. The SMILES string of the molecule is CCC(C)(C)c1ccc(OC(C)CNC(=O)CCl)cc1. The van der Waals surface area contributed by atoms with Gasteiger partial charge in [-0.25, -0.2) is 0 Å². The highest BCUT2D eigenvalue weighted by Crippen LogP contribution is 2.28. The van der Waals surface area contributed by atoms with E-state index < -0.39 is 0 Å². The number of carbonyl (C=O) groups is 1. The van der Waals surface area contributed by atoms with Gasteiger partial charge in [0.1, 0.15) is 17.7 Å². The average Bonchev–Trinajstić information content (AvgIpc) is 2.45. The normalized spacial score (nSPS) is 12.8.